The maximum Gasteiger partial charge on any atom is 0.143 e. The summed E-state index contributed by atoms with van der Waals surface area (Å²) in [5.74, 6) is 0. The van der Waals surface area contributed by atoms with Crippen molar-refractivity contribution in [3.05, 3.63) is 218 Å². The zero-order valence-electron chi connectivity index (χ0n) is 32.3. The lowest BCUT2D eigenvalue weighted by atomic mass is 9.93. The quantitative estimate of drug-likeness (QED) is 0.157. The van der Waals surface area contributed by atoms with E-state index in [9.17, 15) is 0 Å². The first kappa shape index (κ1) is 33.5. The number of nitrogens with zero attached hydrogens (tertiary/aromatic N) is 1. The third-order valence-electron chi connectivity index (χ3n) is 12.3. The smallest absolute Gasteiger partial charge is 0.143 e. The largest absolute Gasteiger partial charge is 0.455 e. The molecule has 0 N–H and O–H groups in total. The van der Waals surface area contributed by atoms with Gasteiger partial charge in [0.15, 0.2) is 0 Å². The summed E-state index contributed by atoms with van der Waals surface area (Å²) in [5, 5.41) is 14.7. The Hall–Kier alpha value is -7.68. The molecule has 0 spiro atoms. The standard InChI is InChI=1S/C57H37NO/c1-5-16-45-37(12-1)24-25-41-34-44(31-33-48(41)45)58(43-29-26-39(27-30-43)55-35-40-14-3-6-17-46(40)50-20-9-10-21-51(50)55)36-42-15-4-7-18-47(42)52-22-11-23-53-54-32-28-38-13-2-8-19-49(38)56(54)59-57(52)53/h1-35H,36H2. The van der Waals surface area contributed by atoms with Gasteiger partial charge in [0, 0.05) is 39.6 Å². The van der Waals surface area contributed by atoms with Crippen LogP contribution in [0.2, 0.25) is 0 Å². The number of hydrogen-bond acceptors (Lipinski definition) is 2. The van der Waals surface area contributed by atoms with Crippen LogP contribution in [0.3, 0.4) is 0 Å². The van der Waals surface area contributed by atoms with Crippen LogP contribution in [-0.2, 0) is 6.54 Å². The number of rotatable bonds is 6. The van der Waals surface area contributed by atoms with Crippen LogP contribution in [0.4, 0.5) is 11.4 Å². The Kier molecular flexibility index (Phi) is 7.64. The molecule has 2 nitrogen and oxygen atoms in total. The second-order valence-electron chi connectivity index (χ2n) is 15.6. The monoisotopic (exact) mass is 751 g/mol. The van der Waals surface area contributed by atoms with Crippen molar-refractivity contribution in [3.63, 3.8) is 0 Å². The summed E-state index contributed by atoms with van der Waals surface area (Å²) in [6.07, 6.45) is 0. The molecule has 0 atom stereocenters. The van der Waals surface area contributed by atoms with Crippen molar-refractivity contribution in [3.8, 4) is 22.3 Å². The van der Waals surface area contributed by atoms with Gasteiger partial charge in [-0.3, -0.25) is 0 Å². The SMILES string of the molecule is c1ccc(-c2cccc3c2oc2c4ccccc4ccc32)c(CN(c2ccc(-c3cc4ccccc4c4ccccc34)cc2)c2ccc3c(ccc4ccccc43)c2)c1. The normalized spacial score (nSPS) is 11.8. The molecule has 0 saturated carbocycles. The highest BCUT2D eigenvalue weighted by atomic mass is 16.3. The molecule has 0 unspecified atom stereocenters. The van der Waals surface area contributed by atoms with Crippen LogP contribution in [0.1, 0.15) is 5.56 Å². The fraction of sp³-hybridized carbons (Fsp3) is 0.0175. The van der Waals surface area contributed by atoms with E-state index in [0.717, 1.165) is 49.8 Å². The molecular formula is C57H37NO. The van der Waals surface area contributed by atoms with Crippen molar-refractivity contribution in [2.75, 3.05) is 4.90 Å². The van der Waals surface area contributed by atoms with Gasteiger partial charge in [-0.2, -0.15) is 0 Å². The molecule has 0 radical (unpaired) electrons. The van der Waals surface area contributed by atoms with E-state index in [1.807, 2.05) is 0 Å². The average molecular weight is 752 g/mol. The Morgan fingerprint density at radius 3 is 1.66 bits per heavy atom. The minimum atomic E-state index is 0.660. The maximum absolute atomic E-state index is 6.86. The molecule has 276 valence electrons. The second-order valence-corrected chi connectivity index (χ2v) is 15.6. The van der Waals surface area contributed by atoms with Crippen LogP contribution in [0, 0.1) is 0 Å². The van der Waals surface area contributed by atoms with Gasteiger partial charge in [-0.15, -0.1) is 0 Å². The van der Waals surface area contributed by atoms with Gasteiger partial charge in [-0.1, -0.05) is 176 Å². The fourth-order valence-electron chi connectivity index (χ4n) is 9.44. The summed E-state index contributed by atoms with van der Waals surface area (Å²) < 4.78 is 6.86. The first-order chi connectivity index (χ1) is 29.2. The minimum absolute atomic E-state index is 0.660. The van der Waals surface area contributed by atoms with Crippen molar-refractivity contribution in [1.82, 2.24) is 0 Å². The molecule has 0 aliphatic carbocycles. The van der Waals surface area contributed by atoms with Crippen LogP contribution in [0.25, 0.3) is 98.1 Å². The molecule has 1 heterocycles. The van der Waals surface area contributed by atoms with Crippen LogP contribution in [0.5, 0.6) is 0 Å². The van der Waals surface area contributed by atoms with Gasteiger partial charge in [-0.05, 0) is 107 Å². The Labute approximate surface area is 341 Å². The lowest BCUT2D eigenvalue weighted by Gasteiger charge is -2.27. The van der Waals surface area contributed by atoms with Crippen molar-refractivity contribution in [2.24, 2.45) is 0 Å². The molecule has 0 fully saturated rings. The van der Waals surface area contributed by atoms with Gasteiger partial charge < -0.3 is 9.32 Å². The van der Waals surface area contributed by atoms with E-state index in [-0.39, 0.29) is 0 Å². The summed E-state index contributed by atoms with van der Waals surface area (Å²) in [6, 6.07) is 77.3. The Balaban J connectivity index is 1.01. The highest BCUT2D eigenvalue weighted by Crippen LogP contribution is 2.42. The fourth-order valence-corrected chi connectivity index (χ4v) is 9.44. The molecule has 0 saturated heterocycles. The van der Waals surface area contributed by atoms with Crippen LogP contribution < -0.4 is 4.90 Å². The third kappa shape index (κ3) is 5.49. The number of fused-ring (bicyclic) bond motifs is 11. The number of hydrogen-bond donors (Lipinski definition) is 0. The molecule has 59 heavy (non-hydrogen) atoms. The lowest BCUT2D eigenvalue weighted by Crippen LogP contribution is -2.17. The van der Waals surface area contributed by atoms with E-state index in [0.29, 0.717) is 6.54 Å². The summed E-state index contributed by atoms with van der Waals surface area (Å²) >= 11 is 0. The molecule has 0 amide bonds. The first-order valence-corrected chi connectivity index (χ1v) is 20.4. The Morgan fingerprint density at radius 2 is 0.831 bits per heavy atom. The zero-order chi connectivity index (χ0) is 38.9. The van der Waals surface area contributed by atoms with Gasteiger partial charge in [0.1, 0.15) is 11.2 Å². The van der Waals surface area contributed by atoms with Crippen LogP contribution in [0.15, 0.2) is 217 Å². The number of benzene rings is 11. The van der Waals surface area contributed by atoms with E-state index >= 15 is 0 Å². The highest BCUT2D eigenvalue weighted by molar-refractivity contribution is 6.17. The van der Waals surface area contributed by atoms with Crippen LogP contribution >= 0.6 is 0 Å². The predicted molar refractivity (Wildman–Crippen MR) is 251 cm³/mol. The van der Waals surface area contributed by atoms with E-state index in [1.165, 1.54) is 65.2 Å². The predicted octanol–water partition coefficient (Wildman–Crippen LogP) is 16.0. The number of furan rings is 1. The summed E-state index contributed by atoms with van der Waals surface area (Å²) in [5.41, 5.74) is 10.0. The molecule has 11 aromatic carbocycles. The first-order valence-electron chi connectivity index (χ1n) is 20.4. The summed E-state index contributed by atoms with van der Waals surface area (Å²) in [4.78, 5) is 2.46. The summed E-state index contributed by atoms with van der Waals surface area (Å²) in [6.45, 7) is 0.660. The van der Waals surface area contributed by atoms with E-state index in [2.05, 4.69) is 217 Å². The van der Waals surface area contributed by atoms with Gasteiger partial charge >= 0.3 is 0 Å². The lowest BCUT2D eigenvalue weighted by molar-refractivity contribution is 0.673. The van der Waals surface area contributed by atoms with E-state index in [4.69, 9.17) is 4.42 Å². The number of para-hydroxylation sites is 1. The van der Waals surface area contributed by atoms with Gasteiger partial charge in [0.2, 0.25) is 0 Å². The third-order valence-corrected chi connectivity index (χ3v) is 12.3. The minimum Gasteiger partial charge on any atom is -0.455 e. The van der Waals surface area contributed by atoms with Crippen molar-refractivity contribution >= 4 is 87.2 Å². The zero-order valence-corrected chi connectivity index (χ0v) is 32.3. The molecule has 12 aromatic rings. The van der Waals surface area contributed by atoms with Gasteiger partial charge in [-0.25, -0.2) is 0 Å². The molecule has 12 rings (SSSR count). The number of anilines is 2. The van der Waals surface area contributed by atoms with Crippen molar-refractivity contribution in [1.29, 1.82) is 0 Å². The summed E-state index contributed by atoms with van der Waals surface area (Å²) in [7, 11) is 0. The van der Waals surface area contributed by atoms with E-state index < -0.39 is 0 Å². The highest BCUT2D eigenvalue weighted by Gasteiger charge is 2.19. The molecular weight excluding hydrogens is 715 g/mol. The molecule has 0 bridgehead atoms. The second kappa shape index (κ2) is 13.5. The molecule has 0 aliphatic rings. The maximum atomic E-state index is 6.86. The molecule has 0 aliphatic heterocycles. The van der Waals surface area contributed by atoms with Gasteiger partial charge in [0.25, 0.3) is 0 Å². The Morgan fingerprint density at radius 1 is 0.305 bits per heavy atom. The van der Waals surface area contributed by atoms with Crippen molar-refractivity contribution in [2.45, 2.75) is 6.54 Å². The Bertz CT molecular complexity index is 3600. The average Bonchev–Trinajstić information content (AvgIpc) is 3.70. The van der Waals surface area contributed by atoms with Crippen LogP contribution in [-0.4, -0.2) is 0 Å². The molecule has 2 heteroatoms. The molecule has 1 aromatic heterocycles. The van der Waals surface area contributed by atoms with E-state index in [1.54, 1.807) is 0 Å². The topological polar surface area (TPSA) is 16.4 Å². The van der Waals surface area contributed by atoms with Gasteiger partial charge in [0.05, 0.1) is 0 Å². The van der Waals surface area contributed by atoms with Crippen molar-refractivity contribution < 1.29 is 4.42 Å².